The van der Waals surface area contributed by atoms with Gasteiger partial charge in [-0.15, -0.1) is 11.3 Å². The molecule has 4 rings (SSSR count). The van der Waals surface area contributed by atoms with Crippen molar-refractivity contribution in [3.63, 3.8) is 0 Å². The minimum atomic E-state index is -3.45. The molecule has 154 valence electrons. The summed E-state index contributed by atoms with van der Waals surface area (Å²) in [5.74, 6) is 0.529. The van der Waals surface area contributed by atoms with Gasteiger partial charge in [-0.25, -0.2) is 13.4 Å². The van der Waals surface area contributed by atoms with E-state index in [2.05, 4.69) is 15.3 Å². The quantitative estimate of drug-likeness (QED) is 0.625. The van der Waals surface area contributed by atoms with Gasteiger partial charge < -0.3 is 10.3 Å². The third kappa shape index (κ3) is 4.36. The van der Waals surface area contributed by atoms with Gasteiger partial charge in [-0.2, -0.15) is 4.31 Å². The lowest BCUT2D eigenvalue weighted by Crippen LogP contribution is -2.35. The number of sulfonamides is 1. The minimum Gasteiger partial charge on any atom is -0.346 e. The summed E-state index contributed by atoms with van der Waals surface area (Å²) < 4.78 is 27.4. The maximum Gasteiger partial charge on any atom is 0.252 e. The Morgan fingerprint density at radius 3 is 2.72 bits per heavy atom. The number of hydrogen-bond acceptors (Lipinski definition) is 5. The second kappa shape index (κ2) is 8.25. The zero-order valence-corrected chi connectivity index (χ0v) is 17.9. The normalized spacial score (nSPS) is 16.7. The molecule has 3 heterocycles. The molecule has 1 saturated heterocycles. The smallest absolute Gasteiger partial charge is 0.252 e. The van der Waals surface area contributed by atoms with Crippen molar-refractivity contribution in [2.24, 2.45) is 0 Å². The van der Waals surface area contributed by atoms with Crippen molar-refractivity contribution in [1.29, 1.82) is 0 Å². The van der Waals surface area contributed by atoms with E-state index in [0.29, 0.717) is 23.1 Å². The second-order valence-corrected chi connectivity index (χ2v) is 10.6. The molecule has 1 amide bonds. The molecular weight excluding hydrogens is 408 g/mol. The number of thiophene rings is 1. The maximum atomic E-state index is 12.8. The van der Waals surface area contributed by atoms with Crippen molar-refractivity contribution in [3.8, 4) is 0 Å². The lowest BCUT2D eigenvalue weighted by Gasteiger charge is -2.25. The Morgan fingerprint density at radius 1 is 1.21 bits per heavy atom. The summed E-state index contributed by atoms with van der Waals surface area (Å²) in [6.45, 7) is 3.02. The molecule has 1 unspecified atom stereocenters. The van der Waals surface area contributed by atoms with Gasteiger partial charge in [-0.3, -0.25) is 4.79 Å². The highest BCUT2D eigenvalue weighted by Crippen LogP contribution is 2.27. The number of rotatable bonds is 6. The summed E-state index contributed by atoms with van der Waals surface area (Å²) in [7, 11) is -3.45. The van der Waals surface area contributed by atoms with Crippen molar-refractivity contribution >= 4 is 38.3 Å². The van der Waals surface area contributed by atoms with Gasteiger partial charge in [0.1, 0.15) is 10.0 Å². The van der Waals surface area contributed by atoms with Crippen LogP contribution >= 0.6 is 11.3 Å². The molecule has 0 bridgehead atoms. The molecule has 0 saturated carbocycles. The SMILES string of the molecule is CC(NC(=O)Cc1ccc(S(=O)(=O)N2CCCCC2)s1)c1nc2ccccc2[nH]1. The largest absolute Gasteiger partial charge is 0.346 e. The van der Waals surface area contributed by atoms with E-state index in [-0.39, 0.29) is 18.4 Å². The molecule has 0 aliphatic carbocycles. The van der Waals surface area contributed by atoms with Crippen molar-refractivity contribution < 1.29 is 13.2 Å². The van der Waals surface area contributed by atoms with E-state index in [0.717, 1.165) is 35.2 Å². The van der Waals surface area contributed by atoms with Gasteiger partial charge in [0.15, 0.2) is 0 Å². The summed E-state index contributed by atoms with van der Waals surface area (Å²) >= 11 is 1.17. The van der Waals surface area contributed by atoms with Crippen LogP contribution in [0.25, 0.3) is 11.0 Å². The Hall–Kier alpha value is -2.23. The Balaban J connectivity index is 1.39. The minimum absolute atomic E-state index is 0.144. The van der Waals surface area contributed by atoms with Crippen LogP contribution in [-0.2, 0) is 21.2 Å². The van der Waals surface area contributed by atoms with Gasteiger partial charge in [0.05, 0.1) is 23.5 Å². The highest BCUT2D eigenvalue weighted by Gasteiger charge is 2.27. The standard InChI is InChI=1S/C20H24N4O3S2/c1-14(20-22-16-7-3-4-8-17(16)23-20)21-18(25)13-15-9-10-19(28-15)29(26,27)24-11-5-2-6-12-24/h3-4,7-10,14H,2,5-6,11-13H2,1H3,(H,21,25)(H,22,23). The highest BCUT2D eigenvalue weighted by molar-refractivity contribution is 7.91. The summed E-state index contributed by atoms with van der Waals surface area (Å²) in [5, 5.41) is 2.93. The molecular formula is C20H24N4O3S2. The number of benzene rings is 1. The molecule has 0 spiro atoms. The van der Waals surface area contributed by atoms with Crippen LogP contribution in [-0.4, -0.2) is 41.7 Å². The van der Waals surface area contributed by atoms with Crippen molar-refractivity contribution in [3.05, 3.63) is 47.1 Å². The van der Waals surface area contributed by atoms with Gasteiger partial charge in [0.2, 0.25) is 5.91 Å². The fourth-order valence-electron chi connectivity index (χ4n) is 3.52. The van der Waals surface area contributed by atoms with E-state index < -0.39 is 10.0 Å². The van der Waals surface area contributed by atoms with Crippen LogP contribution in [0, 0.1) is 0 Å². The molecule has 1 fully saturated rings. The molecule has 0 radical (unpaired) electrons. The Morgan fingerprint density at radius 2 is 1.97 bits per heavy atom. The zero-order valence-electron chi connectivity index (χ0n) is 16.2. The summed E-state index contributed by atoms with van der Waals surface area (Å²) in [5.41, 5.74) is 1.78. The highest BCUT2D eigenvalue weighted by atomic mass is 32.2. The first-order valence-corrected chi connectivity index (χ1v) is 12.0. The third-order valence-corrected chi connectivity index (χ3v) is 8.53. The average molecular weight is 433 g/mol. The van der Waals surface area contributed by atoms with Crippen LogP contribution in [0.15, 0.2) is 40.6 Å². The number of fused-ring (bicyclic) bond motifs is 1. The van der Waals surface area contributed by atoms with Crippen molar-refractivity contribution in [1.82, 2.24) is 19.6 Å². The Bertz CT molecular complexity index is 1080. The predicted molar refractivity (Wildman–Crippen MR) is 113 cm³/mol. The van der Waals surface area contributed by atoms with Crippen LogP contribution in [0.4, 0.5) is 0 Å². The van der Waals surface area contributed by atoms with Crippen LogP contribution < -0.4 is 5.32 Å². The number of amides is 1. The first-order valence-electron chi connectivity index (χ1n) is 9.76. The van der Waals surface area contributed by atoms with E-state index in [4.69, 9.17) is 0 Å². The van der Waals surface area contributed by atoms with Gasteiger partial charge in [0, 0.05) is 18.0 Å². The number of aromatic amines is 1. The number of hydrogen-bond donors (Lipinski definition) is 2. The summed E-state index contributed by atoms with van der Waals surface area (Å²) in [6.07, 6.45) is 3.02. The lowest BCUT2D eigenvalue weighted by atomic mass is 10.2. The van der Waals surface area contributed by atoms with E-state index in [1.54, 1.807) is 16.4 Å². The van der Waals surface area contributed by atoms with E-state index in [9.17, 15) is 13.2 Å². The van der Waals surface area contributed by atoms with Gasteiger partial charge in [-0.05, 0) is 44.0 Å². The number of aromatic nitrogens is 2. The van der Waals surface area contributed by atoms with Crippen LogP contribution in [0.3, 0.4) is 0 Å². The lowest BCUT2D eigenvalue weighted by molar-refractivity contribution is -0.121. The number of nitrogens with zero attached hydrogens (tertiary/aromatic N) is 2. The average Bonchev–Trinajstić information content (AvgIpc) is 3.36. The number of carbonyl (C=O) groups excluding carboxylic acids is 1. The fourth-order valence-corrected chi connectivity index (χ4v) is 6.55. The molecule has 9 heteroatoms. The first kappa shape index (κ1) is 20.1. The zero-order chi connectivity index (χ0) is 20.4. The number of H-pyrrole nitrogens is 1. The molecule has 1 atom stereocenters. The number of imidazole rings is 1. The Labute approximate surface area is 174 Å². The molecule has 1 aromatic carbocycles. The molecule has 7 nitrogen and oxygen atoms in total. The molecule has 29 heavy (non-hydrogen) atoms. The molecule has 2 aromatic heterocycles. The number of para-hydroxylation sites is 2. The Kier molecular flexibility index (Phi) is 5.71. The maximum absolute atomic E-state index is 12.8. The van der Waals surface area contributed by atoms with Gasteiger partial charge in [0.25, 0.3) is 10.0 Å². The van der Waals surface area contributed by atoms with Crippen molar-refractivity contribution in [2.75, 3.05) is 13.1 Å². The molecule has 1 aliphatic rings. The molecule has 1 aliphatic heterocycles. The predicted octanol–water partition coefficient (Wildman–Crippen LogP) is 3.22. The fraction of sp³-hybridized carbons (Fsp3) is 0.400. The van der Waals surface area contributed by atoms with Crippen molar-refractivity contribution in [2.45, 2.75) is 42.9 Å². The number of piperidine rings is 1. The van der Waals surface area contributed by atoms with Gasteiger partial charge >= 0.3 is 0 Å². The second-order valence-electron chi connectivity index (χ2n) is 7.29. The molecule has 3 aromatic rings. The van der Waals surface area contributed by atoms with Gasteiger partial charge in [-0.1, -0.05) is 18.6 Å². The monoisotopic (exact) mass is 432 g/mol. The van der Waals surface area contributed by atoms with E-state index >= 15 is 0 Å². The summed E-state index contributed by atoms with van der Waals surface area (Å²) in [4.78, 5) is 20.9. The number of nitrogens with one attached hydrogen (secondary N) is 2. The van der Waals surface area contributed by atoms with Crippen LogP contribution in [0.2, 0.25) is 0 Å². The third-order valence-electron chi connectivity index (χ3n) is 5.08. The summed E-state index contributed by atoms with van der Waals surface area (Å²) in [6, 6.07) is 10.8. The van der Waals surface area contributed by atoms with E-state index in [1.165, 1.54) is 11.3 Å². The number of carbonyl (C=O) groups is 1. The van der Waals surface area contributed by atoms with Crippen LogP contribution in [0.5, 0.6) is 0 Å². The topological polar surface area (TPSA) is 95.2 Å². The van der Waals surface area contributed by atoms with E-state index in [1.807, 2.05) is 31.2 Å². The first-order chi connectivity index (χ1) is 13.9. The van der Waals surface area contributed by atoms with Crippen LogP contribution in [0.1, 0.15) is 42.9 Å². The molecule has 2 N–H and O–H groups in total.